The maximum absolute atomic E-state index is 9.65. The molecule has 1 aliphatic rings. The fourth-order valence-electron chi connectivity index (χ4n) is 2.12. The van der Waals surface area contributed by atoms with Gasteiger partial charge >= 0.3 is 0 Å². The molecule has 0 saturated heterocycles. The Bertz CT molecular complexity index is 317. The summed E-state index contributed by atoms with van der Waals surface area (Å²) in [4.78, 5) is 0. The minimum absolute atomic E-state index is 0.174. The molecule has 3 atom stereocenters. The maximum atomic E-state index is 9.65. The number of phenolic OH excluding ortho intramolecular Hbond substituents is 1. The predicted molar refractivity (Wildman–Crippen MR) is 54.2 cm³/mol. The van der Waals surface area contributed by atoms with Crippen molar-refractivity contribution in [1.82, 2.24) is 0 Å². The van der Waals surface area contributed by atoms with E-state index in [1.165, 1.54) is 0 Å². The maximum Gasteiger partial charge on any atom is 0.119 e. The average Bonchev–Trinajstić information content (AvgIpc) is 2.91. The summed E-state index contributed by atoms with van der Waals surface area (Å²) >= 11 is 0. The molecule has 1 aromatic carbocycles. The van der Waals surface area contributed by atoms with Gasteiger partial charge in [-0.15, -0.1) is 0 Å². The molecule has 76 valence electrons. The smallest absolute Gasteiger partial charge is 0.119 e. The Hall–Kier alpha value is -1.06. The van der Waals surface area contributed by atoms with Crippen molar-refractivity contribution in [3.05, 3.63) is 29.8 Å². The summed E-state index contributed by atoms with van der Waals surface area (Å²) in [5.74, 6) is 0.968. The van der Waals surface area contributed by atoms with E-state index >= 15 is 0 Å². The van der Waals surface area contributed by atoms with Crippen LogP contribution in [-0.4, -0.2) is 24.9 Å². The monoisotopic (exact) mass is 193 g/mol. The summed E-state index contributed by atoms with van der Waals surface area (Å²) in [7, 11) is 1.69. The SMILES string of the molecule is COC1C(CN)C1c1ccccc1O. The van der Waals surface area contributed by atoms with Crippen molar-refractivity contribution in [2.24, 2.45) is 11.7 Å². The lowest BCUT2D eigenvalue weighted by atomic mass is 10.1. The third-order valence-corrected chi connectivity index (χ3v) is 2.94. The van der Waals surface area contributed by atoms with Crippen LogP contribution < -0.4 is 5.73 Å². The van der Waals surface area contributed by atoms with Crippen LogP contribution in [0.25, 0.3) is 0 Å². The van der Waals surface area contributed by atoms with Crippen LogP contribution in [0.5, 0.6) is 5.75 Å². The van der Waals surface area contributed by atoms with Crippen molar-refractivity contribution in [1.29, 1.82) is 0 Å². The highest BCUT2D eigenvalue weighted by atomic mass is 16.5. The molecule has 0 radical (unpaired) electrons. The number of nitrogens with two attached hydrogens (primary N) is 1. The van der Waals surface area contributed by atoms with Gasteiger partial charge in [-0.3, -0.25) is 0 Å². The Morgan fingerprint density at radius 1 is 1.43 bits per heavy atom. The summed E-state index contributed by atoms with van der Waals surface area (Å²) in [5.41, 5.74) is 6.57. The van der Waals surface area contributed by atoms with Crippen molar-refractivity contribution in [2.75, 3.05) is 13.7 Å². The molecule has 0 heterocycles. The molecule has 0 bridgehead atoms. The first kappa shape index (κ1) is 9.49. The number of rotatable bonds is 3. The quantitative estimate of drug-likeness (QED) is 0.755. The molecule has 3 heteroatoms. The van der Waals surface area contributed by atoms with Crippen LogP contribution in [0.2, 0.25) is 0 Å². The second kappa shape index (κ2) is 3.59. The molecule has 3 N–H and O–H groups in total. The molecule has 0 amide bonds. The topological polar surface area (TPSA) is 55.5 Å². The van der Waals surface area contributed by atoms with E-state index in [9.17, 15) is 5.11 Å². The largest absolute Gasteiger partial charge is 0.508 e. The molecule has 1 aliphatic carbocycles. The third kappa shape index (κ3) is 1.38. The Kier molecular flexibility index (Phi) is 2.44. The van der Waals surface area contributed by atoms with Crippen LogP contribution in [0.3, 0.4) is 0 Å². The van der Waals surface area contributed by atoms with Crippen molar-refractivity contribution < 1.29 is 9.84 Å². The van der Waals surface area contributed by atoms with E-state index in [2.05, 4.69) is 0 Å². The van der Waals surface area contributed by atoms with Gasteiger partial charge in [0.1, 0.15) is 5.75 Å². The number of phenols is 1. The molecule has 1 fully saturated rings. The molecule has 0 spiro atoms. The van der Waals surface area contributed by atoms with Crippen LogP contribution in [0.4, 0.5) is 0 Å². The fourth-order valence-corrected chi connectivity index (χ4v) is 2.12. The van der Waals surface area contributed by atoms with Gasteiger partial charge in [-0.05, 0) is 18.2 Å². The number of hydrogen-bond donors (Lipinski definition) is 2. The van der Waals surface area contributed by atoms with E-state index < -0.39 is 0 Å². The first-order chi connectivity index (χ1) is 6.79. The molecule has 0 aliphatic heterocycles. The van der Waals surface area contributed by atoms with Crippen LogP contribution in [0.1, 0.15) is 11.5 Å². The number of benzene rings is 1. The minimum atomic E-state index is 0.174. The van der Waals surface area contributed by atoms with Gasteiger partial charge in [0.25, 0.3) is 0 Å². The van der Waals surface area contributed by atoms with E-state index in [1.54, 1.807) is 13.2 Å². The molecule has 1 saturated carbocycles. The summed E-state index contributed by atoms with van der Waals surface area (Å²) < 4.78 is 5.30. The van der Waals surface area contributed by atoms with E-state index in [-0.39, 0.29) is 12.0 Å². The zero-order valence-corrected chi connectivity index (χ0v) is 8.18. The van der Waals surface area contributed by atoms with E-state index in [4.69, 9.17) is 10.5 Å². The van der Waals surface area contributed by atoms with Crippen molar-refractivity contribution in [2.45, 2.75) is 12.0 Å². The molecular formula is C11H15NO2. The number of ether oxygens (including phenoxy) is 1. The minimum Gasteiger partial charge on any atom is -0.508 e. The average molecular weight is 193 g/mol. The van der Waals surface area contributed by atoms with Crippen molar-refractivity contribution in [3.8, 4) is 5.75 Å². The number of aromatic hydroxyl groups is 1. The highest BCUT2D eigenvalue weighted by Crippen LogP contribution is 2.51. The molecular weight excluding hydrogens is 178 g/mol. The second-order valence-corrected chi connectivity index (χ2v) is 3.68. The van der Waals surface area contributed by atoms with E-state index in [1.807, 2.05) is 18.2 Å². The van der Waals surface area contributed by atoms with Crippen LogP contribution in [0.15, 0.2) is 24.3 Å². The number of methoxy groups -OCH3 is 1. The summed E-state index contributed by atoms with van der Waals surface area (Å²) in [6.07, 6.45) is 0.174. The van der Waals surface area contributed by atoms with Gasteiger partial charge in [-0.2, -0.15) is 0 Å². The first-order valence-corrected chi connectivity index (χ1v) is 4.80. The van der Waals surface area contributed by atoms with Gasteiger partial charge in [-0.1, -0.05) is 18.2 Å². The number of para-hydroxylation sites is 1. The van der Waals surface area contributed by atoms with Gasteiger partial charge < -0.3 is 15.6 Å². The van der Waals surface area contributed by atoms with Crippen LogP contribution in [-0.2, 0) is 4.74 Å². The normalized spacial score (nSPS) is 30.3. The first-order valence-electron chi connectivity index (χ1n) is 4.80. The lowest BCUT2D eigenvalue weighted by Gasteiger charge is -2.02. The molecule has 3 nitrogen and oxygen atoms in total. The molecule has 3 unspecified atom stereocenters. The Labute approximate surface area is 83.5 Å². The summed E-state index contributed by atoms with van der Waals surface area (Å²) in [6, 6.07) is 7.38. The zero-order chi connectivity index (χ0) is 10.1. The fraction of sp³-hybridized carbons (Fsp3) is 0.455. The molecule has 1 aromatic rings. The van der Waals surface area contributed by atoms with Crippen LogP contribution >= 0.6 is 0 Å². The molecule has 14 heavy (non-hydrogen) atoms. The van der Waals surface area contributed by atoms with Gasteiger partial charge in [0.2, 0.25) is 0 Å². The molecule has 2 rings (SSSR count). The van der Waals surface area contributed by atoms with Gasteiger partial charge in [0, 0.05) is 18.9 Å². The molecule has 0 aromatic heterocycles. The van der Waals surface area contributed by atoms with Crippen molar-refractivity contribution >= 4 is 0 Å². The lowest BCUT2D eigenvalue weighted by molar-refractivity contribution is 0.166. The number of hydrogen-bond acceptors (Lipinski definition) is 3. The Morgan fingerprint density at radius 2 is 2.14 bits per heavy atom. The highest BCUT2D eigenvalue weighted by Gasteiger charge is 2.51. The van der Waals surface area contributed by atoms with Crippen LogP contribution in [0, 0.1) is 5.92 Å². The van der Waals surface area contributed by atoms with Gasteiger partial charge in [0.15, 0.2) is 0 Å². The highest BCUT2D eigenvalue weighted by molar-refractivity contribution is 5.40. The summed E-state index contributed by atoms with van der Waals surface area (Å²) in [6.45, 7) is 0.609. The lowest BCUT2D eigenvalue weighted by Crippen LogP contribution is -2.05. The Balaban J connectivity index is 2.21. The Morgan fingerprint density at radius 3 is 2.64 bits per heavy atom. The van der Waals surface area contributed by atoms with Gasteiger partial charge in [0.05, 0.1) is 6.10 Å². The van der Waals surface area contributed by atoms with E-state index in [0.29, 0.717) is 18.2 Å². The van der Waals surface area contributed by atoms with E-state index in [0.717, 1.165) is 5.56 Å². The second-order valence-electron chi connectivity index (χ2n) is 3.68. The van der Waals surface area contributed by atoms with Crippen molar-refractivity contribution in [3.63, 3.8) is 0 Å². The van der Waals surface area contributed by atoms with Gasteiger partial charge in [-0.25, -0.2) is 0 Å². The zero-order valence-electron chi connectivity index (χ0n) is 8.18. The predicted octanol–water partition coefficient (Wildman–Crippen LogP) is 1.08. The standard InChI is InChI=1S/C11H15NO2/c1-14-11-8(6-12)10(11)7-4-2-3-5-9(7)13/h2-5,8,10-11,13H,6,12H2,1H3. The summed E-state index contributed by atoms with van der Waals surface area (Å²) in [5, 5.41) is 9.65. The third-order valence-electron chi connectivity index (χ3n) is 2.94.